The number of aryl methyl sites for hydroxylation is 1. The highest BCUT2D eigenvalue weighted by Gasteiger charge is 2.25. The van der Waals surface area contributed by atoms with Crippen molar-refractivity contribution in [1.82, 2.24) is 9.62 Å². The summed E-state index contributed by atoms with van der Waals surface area (Å²) in [5.41, 5.74) is 0.796. The summed E-state index contributed by atoms with van der Waals surface area (Å²) < 4.78 is 40.5. The van der Waals surface area contributed by atoms with E-state index in [4.69, 9.17) is 0 Å². The molecule has 0 unspecified atom stereocenters. The monoisotopic (exact) mass is 450 g/mol. The molecule has 0 bridgehead atoms. The fraction of sp³-hybridized carbons (Fsp3) is 0.350. The Labute approximate surface area is 179 Å². The van der Waals surface area contributed by atoms with Gasteiger partial charge in [0.15, 0.2) is 0 Å². The third-order valence-electron chi connectivity index (χ3n) is 5.09. The zero-order valence-electron chi connectivity index (χ0n) is 16.9. The van der Waals surface area contributed by atoms with E-state index in [2.05, 4.69) is 10.0 Å². The highest BCUT2D eigenvalue weighted by molar-refractivity contribution is 7.89. The van der Waals surface area contributed by atoms with Gasteiger partial charge in [0.2, 0.25) is 15.9 Å². The molecule has 0 saturated carbocycles. The van der Waals surface area contributed by atoms with Crippen molar-refractivity contribution in [3.63, 3.8) is 0 Å². The molecule has 1 fully saturated rings. The molecule has 0 aliphatic carbocycles. The van der Waals surface area contributed by atoms with E-state index in [-0.39, 0.29) is 29.1 Å². The van der Waals surface area contributed by atoms with Crippen LogP contribution in [0.3, 0.4) is 0 Å². The van der Waals surface area contributed by atoms with Crippen LogP contribution in [0, 0.1) is 22.9 Å². The second kappa shape index (κ2) is 9.50. The molecular formula is C20H23FN4O5S. The first-order valence-electron chi connectivity index (χ1n) is 9.69. The minimum Gasteiger partial charge on any atom is -0.325 e. The predicted octanol–water partition coefficient (Wildman–Crippen LogP) is 2.42. The number of nitrogens with zero attached hydrogens (tertiary/aromatic N) is 2. The largest absolute Gasteiger partial charge is 0.325 e. The Kier molecular flexibility index (Phi) is 6.98. The number of nitrogens with one attached hydrogen (secondary N) is 2. The van der Waals surface area contributed by atoms with E-state index in [0.29, 0.717) is 37.2 Å². The lowest BCUT2D eigenvalue weighted by atomic mass is 10.1. The molecule has 2 aromatic carbocycles. The Balaban J connectivity index is 1.50. The quantitative estimate of drug-likeness (QED) is 0.494. The molecule has 11 heteroatoms. The SMILES string of the molecule is Cc1ccc(NC(=O)CN2CCC(NS(=O)(=O)c3ccc(F)cc3)CC2)cc1[N+](=O)[O-]. The van der Waals surface area contributed by atoms with Crippen LogP contribution in [0.15, 0.2) is 47.4 Å². The Morgan fingerprint density at radius 1 is 1.19 bits per heavy atom. The van der Waals surface area contributed by atoms with Crippen LogP contribution in [0.1, 0.15) is 18.4 Å². The molecule has 0 aromatic heterocycles. The number of amides is 1. The molecule has 2 aromatic rings. The topological polar surface area (TPSA) is 122 Å². The summed E-state index contributed by atoms with van der Waals surface area (Å²) in [5.74, 6) is -0.811. The van der Waals surface area contributed by atoms with Crippen molar-refractivity contribution in [3.8, 4) is 0 Å². The van der Waals surface area contributed by atoms with Gasteiger partial charge in [0.1, 0.15) is 5.82 Å². The number of hydrogen-bond donors (Lipinski definition) is 2. The second-order valence-corrected chi connectivity index (χ2v) is 9.15. The van der Waals surface area contributed by atoms with Gasteiger partial charge in [-0.3, -0.25) is 19.8 Å². The van der Waals surface area contributed by atoms with E-state index in [1.165, 1.54) is 18.2 Å². The fourth-order valence-electron chi connectivity index (χ4n) is 3.40. The highest BCUT2D eigenvalue weighted by Crippen LogP contribution is 2.22. The number of likely N-dealkylation sites (tertiary alicyclic amines) is 1. The molecule has 1 aliphatic rings. The first kappa shape index (κ1) is 22.8. The molecule has 0 spiro atoms. The van der Waals surface area contributed by atoms with Gasteiger partial charge in [-0.05, 0) is 50.1 Å². The van der Waals surface area contributed by atoms with Crippen LogP contribution < -0.4 is 10.0 Å². The molecule has 9 nitrogen and oxygen atoms in total. The van der Waals surface area contributed by atoms with Crippen molar-refractivity contribution >= 4 is 27.3 Å². The minimum absolute atomic E-state index is 0.00268. The number of nitro benzene ring substituents is 1. The van der Waals surface area contributed by atoms with Crippen LogP contribution in [0.4, 0.5) is 15.8 Å². The van der Waals surface area contributed by atoms with Gasteiger partial charge in [0.25, 0.3) is 5.69 Å². The van der Waals surface area contributed by atoms with Crippen LogP contribution in [0.25, 0.3) is 0 Å². The zero-order chi connectivity index (χ0) is 22.6. The number of carbonyl (C=O) groups is 1. The van der Waals surface area contributed by atoms with Gasteiger partial charge in [-0.1, -0.05) is 6.07 Å². The molecular weight excluding hydrogens is 427 g/mol. The Hall–Kier alpha value is -2.89. The molecule has 3 rings (SSSR count). The first-order chi connectivity index (χ1) is 14.6. The van der Waals surface area contributed by atoms with Crippen LogP contribution in [0.2, 0.25) is 0 Å². The summed E-state index contributed by atoms with van der Waals surface area (Å²) in [7, 11) is -3.74. The number of benzene rings is 2. The van der Waals surface area contributed by atoms with Crippen LogP contribution >= 0.6 is 0 Å². The molecule has 1 amide bonds. The molecule has 166 valence electrons. The Morgan fingerprint density at radius 2 is 1.84 bits per heavy atom. The molecule has 1 aliphatic heterocycles. The summed E-state index contributed by atoms with van der Waals surface area (Å²) in [4.78, 5) is 24.7. The van der Waals surface area contributed by atoms with E-state index >= 15 is 0 Å². The number of rotatable bonds is 7. The van der Waals surface area contributed by atoms with Crippen LogP contribution in [0.5, 0.6) is 0 Å². The average Bonchev–Trinajstić information content (AvgIpc) is 2.71. The lowest BCUT2D eigenvalue weighted by Gasteiger charge is -2.31. The number of halogens is 1. The average molecular weight is 450 g/mol. The maximum atomic E-state index is 13.0. The Morgan fingerprint density at radius 3 is 2.45 bits per heavy atom. The van der Waals surface area contributed by atoms with E-state index < -0.39 is 20.8 Å². The summed E-state index contributed by atoms with van der Waals surface area (Å²) in [6.45, 7) is 2.74. The second-order valence-electron chi connectivity index (χ2n) is 7.43. The van der Waals surface area contributed by atoms with Crippen molar-refractivity contribution < 1.29 is 22.5 Å². The van der Waals surface area contributed by atoms with E-state index in [1.54, 1.807) is 19.1 Å². The first-order valence-corrected chi connectivity index (χ1v) is 11.2. The maximum Gasteiger partial charge on any atom is 0.274 e. The maximum absolute atomic E-state index is 13.0. The van der Waals surface area contributed by atoms with Gasteiger partial charge in [0.05, 0.1) is 16.4 Å². The van der Waals surface area contributed by atoms with Gasteiger partial charge >= 0.3 is 0 Å². The number of anilines is 1. The predicted molar refractivity (Wildman–Crippen MR) is 113 cm³/mol. The lowest BCUT2D eigenvalue weighted by Crippen LogP contribution is -2.46. The standard InChI is InChI=1S/C20H23FN4O5S/c1-14-2-5-17(12-19(14)25(27)28)22-20(26)13-24-10-8-16(9-11-24)23-31(29,30)18-6-3-15(21)4-7-18/h2-7,12,16,23H,8-11,13H2,1H3,(H,22,26). The summed E-state index contributed by atoms with van der Waals surface area (Å²) in [6, 6.07) is 8.84. The molecule has 1 heterocycles. The van der Waals surface area contributed by atoms with Gasteiger partial charge in [-0.15, -0.1) is 0 Å². The third-order valence-corrected chi connectivity index (χ3v) is 6.63. The zero-order valence-corrected chi connectivity index (χ0v) is 17.7. The van der Waals surface area contributed by atoms with Crippen LogP contribution in [-0.4, -0.2) is 49.8 Å². The van der Waals surface area contributed by atoms with Crippen molar-refractivity contribution in [2.75, 3.05) is 25.0 Å². The minimum atomic E-state index is -3.74. The van der Waals surface area contributed by atoms with E-state index in [9.17, 15) is 27.7 Å². The van der Waals surface area contributed by atoms with E-state index in [0.717, 1.165) is 12.1 Å². The lowest BCUT2D eigenvalue weighted by molar-refractivity contribution is -0.385. The normalized spacial score (nSPS) is 15.5. The van der Waals surface area contributed by atoms with Gasteiger partial charge in [-0.25, -0.2) is 17.5 Å². The highest BCUT2D eigenvalue weighted by atomic mass is 32.2. The number of hydrogen-bond acceptors (Lipinski definition) is 6. The Bertz CT molecular complexity index is 1070. The van der Waals surface area contributed by atoms with Gasteiger partial charge in [-0.2, -0.15) is 0 Å². The van der Waals surface area contributed by atoms with Crippen molar-refractivity contribution in [2.24, 2.45) is 0 Å². The molecule has 0 atom stereocenters. The van der Waals surface area contributed by atoms with Crippen molar-refractivity contribution in [3.05, 3.63) is 64.0 Å². The van der Waals surface area contributed by atoms with Gasteiger partial charge < -0.3 is 5.32 Å². The number of piperidine rings is 1. The molecule has 31 heavy (non-hydrogen) atoms. The number of nitro groups is 1. The van der Waals surface area contributed by atoms with E-state index in [1.807, 2.05) is 4.90 Å². The molecule has 0 radical (unpaired) electrons. The van der Waals surface area contributed by atoms with Crippen molar-refractivity contribution in [1.29, 1.82) is 0 Å². The van der Waals surface area contributed by atoms with Gasteiger partial charge in [0, 0.05) is 36.4 Å². The smallest absolute Gasteiger partial charge is 0.274 e. The number of sulfonamides is 1. The van der Waals surface area contributed by atoms with Crippen molar-refractivity contribution in [2.45, 2.75) is 30.7 Å². The molecule has 2 N–H and O–H groups in total. The fourth-order valence-corrected chi connectivity index (χ4v) is 4.70. The molecule has 1 saturated heterocycles. The van der Waals surface area contributed by atoms with Crippen LogP contribution in [-0.2, 0) is 14.8 Å². The summed E-state index contributed by atoms with van der Waals surface area (Å²) >= 11 is 0. The third kappa shape index (κ3) is 6.06. The summed E-state index contributed by atoms with van der Waals surface area (Å²) in [6.07, 6.45) is 1.04. The number of carbonyl (C=O) groups excluding carboxylic acids is 1. The summed E-state index contributed by atoms with van der Waals surface area (Å²) in [5, 5.41) is 13.7.